The number of fused-ring (bicyclic) bond motifs is 2. The molecule has 3 heterocycles. The summed E-state index contributed by atoms with van der Waals surface area (Å²) in [6, 6.07) is 8.95. The third-order valence-electron chi connectivity index (χ3n) is 4.83. The second-order valence-electron chi connectivity index (χ2n) is 6.25. The largest absolute Gasteiger partial charge is 0.441 e. The zero-order chi connectivity index (χ0) is 15.1. The summed E-state index contributed by atoms with van der Waals surface area (Å²) < 4.78 is 5.88. The smallest absolute Gasteiger partial charge is 0.226 e. The average Bonchev–Trinajstić information content (AvgIpc) is 2.96. The first-order valence-corrected chi connectivity index (χ1v) is 8.27. The molecule has 23 heavy (non-hydrogen) atoms. The zero-order valence-electron chi connectivity index (χ0n) is 13.1. The second kappa shape index (κ2) is 6.81. The summed E-state index contributed by atoms with van der Waals surface area (Å²) in [6.45, 7) is 5.07. The molecule has 2 aromatic rings. The van der Waals surface area contributed by atoms with Gasteiger partial charge >= 0.3 is 0 Å². The molecule has 2 bridgehead atoms. The van der Waals surface area contributed by atoms with Crippen LogP contribution in [0, 0.1) is 6.92 Å². The van der Waals surface area contributed by atoms with Gasteiger partial charge in [0.15, 0.2) is 0 Å². The van der Waals surface area contributed by atoms with Gasteiger partial charge < -0.3 is 9.73 Å². The van der Waals surface area contributed by atoms with Gasteiger partial charge in [0, 0.05) is 42.3 Å². The number of aromatic nitrogens is 1. The highest BCUT2D eigenvalue weighted by Gasteiger charge is 2.37. The highest BCUT2D eigenvalue weighted by molar-refractivity contribution is 6.30. The predicted molar refractivity (Wildman–Crippen MR) is 94.2 cm³/mol. The molecule has 124 valence electrons. The van der Waals surface area contributed by atoms with Crippen LogP contribution in [0.4, 0.5) is 0 Å². The van der Waals surface area contributed by atoms with Gasteiger partial charge in [0.1, 0.15) is 5.76 Å². The minimum Gasteiger partial charge on any atom is -0.441 e. The maximum absolute atomic E-state index is 6.06. The number of rotatable bonds is 3. The summed E-state index contributed by atoms with van der Waals surface area (Å²) in [5, 5.41) is 4.22. The van der Waals surface area contributed by atoms with Crippen molar-refractivity contribution in [2.75, 3.05) is 13.1 Å². The molecule has 0 aliphatic carbocycles. The molecular weight excluding hydrogens is 333 g/mol. The van der Waals surface area contributed by atoms with Crippen LogP contribution in [0.5, 0.6) is 0 Å². The summed E-state index contributed by atoms with van der Waals surface area (Å²) >= 11 is 6.06. The number of halogens is 2. The molecule has 0 saturated carbocycles. The van der Waals surface area contributed by atoms with E-state index in [1.54, 1.807) is 0 Å². The van der Waals surface area contributed by atoms with Gasteiger partial charge in [-0.3, -0.25) is 4.90 Å². The number of benzene rings is 1. The molecule has 0 unspecified atom stereocenters. The van der Waals surface area contributed by atoms with Crippen LogP contribution in [0.2, 0.25) is 5.02 Å². The third kappa shape index (κ3) is 3.26. The van der Waals surface area contributed by atoms with Crippen molar-refractivity contribution in [2.45, 2.75) is 38.4 Å². The minimum atomic E-state index is 0. The van der Waals surface area contributed by atoms with Crippen molar-refractivity contribution in [3.63, 3.8) is 0 Å². The van der Waals surface area contributed by atoms with Crippen LogP contribution >= 0.6 is 24.0 Å². The van der Waals surface area contributed by atoms with Crippen molar-refractivity contribution < 1.29 is 4.42 Å². The topological polar surface area (TPSA) is 41.3 Å². The number of aryl methyl sites for hydroxylation is 1. The standard InChI is InChI=1S/C17H20ClN3O.ClH/c1-11-16(10-21-14-5-6-15(21)9-19-8-14)20-17(22-11)12-3-2-4-13(18)7-12;/h2-4,7,14-15,19H,5-6,8-10H2,1H3;1H/t14-,15+;. The number of piperazine rings is 1. The molecule has 4 rings (SSSR count). The van der Waals surface area contributed by atoms with Gasteiger partial charge in [0.2, 0.25) is 5.89 Å². The number of hydrogen-bond donors (Lipinski definition) is 1. The lowest BCUT2D eigenvalue weighted by atomic mass is 10.2. The fraction of sp³-hybridized carbons (Fsp3) is 0.471. The fourth-order valence-electron chi connectivity index (χ4n) is 3.62. The lowest BCUT2D eigenvalue weighted by Crippen LogP contribution is -2.51. The molecular formula is C17H21Cl2N3O. The summed E-state index contributed by atoms with van der Waals surface area (Å²) in [7, 11) is 0. The Morgan fingerprint density at radius 2 is 2.04 bits per heavy atom. The van der Waals surface area contributed by atoms with Crippen LogP contribution in [0.3, 0.4) is 0 Å². The van der Waals surface area contributed by atoms with E-state index in [4.69, 9.17) is 21.0 Å². The Hall–Kier alpha value is -1.07. The van der Waals surface area contributed by atoms with E-state index in [2.05, 4.69) is 10.2 Å². The Morgan fingerprint density at radius 1 is 1.30 bits per heavy atom. The molecule has 1 N–H and O–H groups in total. The van der Waals surface area contributed by atoms with Gasteiger partial charge in [-0.05, 0) is 38.0 Å². The van der Waals surface area contributed by atoms with Crippen LogP contribution in [0.1, 0.15) is 24.3 Å². The minimum absolute atomic E-state index is 0. The van der Waals surface area contributed by atoms with E-state index in [-0.39, 0.29) is 12.4 Å². The maximum Gasteiger partial charge on any atom is 0.226 e. The van der Waals surface area contributed by atoms with Crippen molar-refractivity contribution in [2.24, 2.45) is 0 Å². The summed E-state index contributed by atoms with van der Waals surface area (Å²) in [5.41, 5.74) is 1.99. The molecule has 2 aliphatic rings. The Balaban J connectivity index is 0.00000156. The van der Waals surface area contributed by atoms with Gasteiger partial charge in [0.05, 0.1) is 5.69 Å². The molecule has 4 nitrogen and oxygen atoms in total. The Labute approximate surface area is 147 Å². The van der Waals surface area contributed by atoms with Crippen molar-refractivity contribution in [1.82, 2.24) is 15.2 Å². The second-order valence-corrected chi connectivity index (χ2v) is 6.68. The van der Waals surface area contributed by atoms with Crippen molar-refractivity contribution in [3.05, 3.63) is 40.7 Å². The molecule has 2 atom stereocenters. The van der Waals surface area contributed by atoms with Crippen molar-refractivity contribution >= 4 is 24.0 Å². The van der Waals surface area contributed by atoms with Gasteiger partial charge in [0.25, 0.3) is 0 Å². The van der Waals surface area contributed by atoms with Crippen LogP contribution in [0.25, 0.3) is 11.5 Å². The SMILES string of the molecule is Cc1oc(-c2cccc(Cl)c2)nc1CN1[C@@H]2CC[C@H]1CNC2.Cl. The molecule has 1 aromatic carbocycles. The Morgan fingerprint density at radius 3 is 2.74 bits per heavy atom. The van der Waals surface area contributed by atoms with Crippen LogP contribution in [-0.4, -0.2) is 35.1 Å². The number of hydrogen-bond acceptors (Lipinski definition) is 4. The molecule has 2 aliphatic heterocycles. The first kappa shape index (κ1) is 16.8. The first-order chi connectivity index (χ1) is 10.7. The maximum atomic E-state index is 6.06. The number of nitrogens with zero attached hydrogens (tertiary/aromatic N) is 2. The van der Waals surface area contributed by atoms with E-state index in [0.717, 1.165) is 36.7 Å². The van der Waals surface area contributed by atoms with Gasteiger partial charge in [-0.1, -0.05) is 17.7 Å². The lowest BCUT2D eigenvalue weighted by molar-refractivity contribution is 0.143. The van der Waals surface area contributed by atoms with Crippen molar-refractivity contribution in [1.29, 1.82) is 0 Å². The molecule has 0 spiro atoms. The fourth-order valence-corrected chi connectivity index (χ4v) is 3.81. The third-order valence-corrected chi connectivity index (χ3v) is 5.06. The van der Waals surface area contributed by atoms with E-state index in [1.165, 1.54) is 12.8 Å². The van der Waals surface area contributed by atoms with Crippen LogP contribution < -0.4 is 5.32 Å². The Bertz CT molecular complexity index is 672. The number of nitrogens with one attached hydrogen (secondary N) is 1. The van der Waals surface area contributed by atoms with Gasteiger partial charge in [-0.2, -0.15) is 0 Å². The highest BCUT2D eigenvalue weighted by Crippen LogP contribution is 2.30. The first-order valence-electron chi connectivity index (χ1n) is 7.89. The van der Waals surface area contributed by atoms with Crippen molar-refractivity contribution in [3.8, 4) is 11.5 Å². The van der Waals surface area contributed by atoms with Gasteiger partial charge in [-0.25, -0.2) is 4.98 Å². The normalized spacial score (nSPS) is 23.7. The van der Waals surface area contributed by atoms with Crippen LogP contribution in [0.15, 0.2) is 28.7 Å². The van der Waals surface area contributed by atoms with E-state index in [1.807, 2.05) is 31.2 Å². The molecule has 6 heteroatoms. The average molecular weight is 354 g/mol. The van der Waals surface area contributed by atoms with E-state index in [9.17, 15) is 0 Å². The molecule has 1 aromatic heterocycles. The summed E-state index contributed by atoms with van der Waals surface area (Å²) in [4.78, 5) is 7.31. The molecule has 2 fully saturated rings. The quantitative estimate of drug-likeness (QED) is 0.913. The zero-order valence-corrected chi connectivity index (χ0v) is 14.7. The van der Waals surface area contributed by atoms with E-state index in [0.29, 0.717) is 23.0 Å². The predicted octanol–water partition coefficient (Wildman–Crippen LogP) is 3.66. The van der Waals surface area contributed by atoms with E-state index >= 15 is 0 Å². The summed E-state index contributed by atoms with van der Waals surface area (Å²) in [5.74, 6) is 1.57. The van der Waals surface area contributed by atoms with E-state index < -0.39 is 0 Å². The molecule has 0 radical (unpaired) electrons. The lowest BCUT2D eigenvalue weighted by Gasteiger charge is -2.34. The molecule has 2 saturated heterocycles. The number of oxazole rings is 1. The monoisotopic (exact) mass is 353 g/mol. The van der Waals surface area contributed by atoms with Gasteiger partial charge in [-0.15, -0.1) is 12.4 Å². The molecule has 0 amide bonds. The van der Waals surface area contributed by atoms with Crippen LogP contribution in [-0.2, 0) is 6.54 Å². The highest BCUT2D eigenvalue weighted by atomic mass is 35.5. The summed E-state index contributed by atoms with van der Waals surface area (Å²) in [6.07, 6.45) is 2.57. The Kier molecular flexibility index (Phi) is 4.97.